The number of hydrogen-bond donors (Lipinski definition) is 12. The van der Waals surface area contributed by atoms with Crippen LogP contribution in [0.25, 0.3) is 0 Å². The molecule has 0 spiro atoms. The van der Waals surface area contributed by atoms with E-state index in [-0.39, 0.29) is 18.9 Å². The van der Waals surface area contributed by atoms with Gasteiger partial charge in [0.2, 0.25) is 5.91 Å². The quantitative estimate of drug-likeness (QED) is 0.0207. The van der Waals surface area contributed by atoms with Crippen molar-refractivity contribution < 1.29 is 89.4 Å². The van der Waals surface area contributed by atoms with Gasteiger partial charge in [0.05, 0.1) is 38.6 Å². The maximum Gasteiger partial charge on any atom is 0.220 e. The molecule has 0 saturated carbocycles. The summed E-state index contributed by atoms with van der Waals surface area (Å²) in [5.41, 5.74) is 0. The Morgan fingerprint density at radius 1 is 0.422 bits per heavy atom. The van der Waals surface area contributed by atoms with Crippen molar-refractivity contribution in [3.8, 4) is 0 Å². The van der Waals surface area contributed by atoms with Gasteiger partial charge in [-0.3, -0.25) is 4.79 Å². The van der Waals surface area contributed by atoms with E-state index in [0.29, 0.717) is 6.42 Å². The highest BCUT2D eigenvalue weighted by Crippen LogP contribution is 2.33. The van der Waals surface area contributed by atoms with Gasteiger partial charge >= 0.3 is 0 Å². The van der Waals surface area contributed by atoms with Crippen LogP contribution in [0.4, 0.5) is 0 Å². The highest BCUT2D eigenvalue weighted by atomic mass is 16.8. The van der Waals surface area contributed by atoms with Gasteiger partial charge in [0.15, 0.2) is 18.9 Å². The van der Waals surface area contributed by atoms with Gasteiger partial charge in [-0.2, -0.15) is 0 Å². The lowest BCUT2D eigenvalue weighted by Gasteiger charge is -2.48. The van der Waals surface area contributed by atoms with Crippen LogP contribution in [0.3, 0.4) is 0 Å². The second-order valence-electron chi connectivity index (χ2n) is 23.9. The number of carbonyl (C=O) groups is 1. The van der Waals surface area contributed by atoms with Crippen molar-refractivity contribution >= 4 is 5.91 Å². The third-order valence-corrected chi connectivity index (χ3v) is 16.7. The molecule has 12 N–H and O–H groups in total. The first kappa shape index (κ1) is 75.5. The lowest BCUT2D eigenvalue weighted by atomic mass is 9.96. The molecule has 0 aromatic rings. The van der Waals surface area contributed by atoms with Crippen molar-refractivity contribution in [2.45, 2.75) is 349 Å². The van der Waals surface area contributed by atoms with Crippen molar-refractivity contribution in [3.05, 3.63) is 24.3 Å². The summed E-state index contributed by atoms with van der Waals surface area (Å²) >= 11 is 0. The first-order chi connectivity index (χ1) is 40.3. The molecule has 19 nitrogen and oxygen atoms in total. The molecule has 3 aliphatic rings. The molecule has 3 aliphatic heterocycles. The predicted octanol–water partition coefficient (Wildman–Crippen LogP) is 7.49. The Kier molecular flexibility index (Phi) is 43.0. The maximum atomic E-state index is 13.4. The highest BCUT2D eigenvalue weighted by Gasteiger charge is 2.53. The van der Waals surface area contributed by atoms with Crippen LogP contribution in [0.5, 0.6) is 0 Å². The standard InChI is InChI=1S/C64H119NO18/c1-3-5-7-9-11-13-15-17-19-21-23-24-25-27-29-31-33-35-37-39-41-48(69)47(65-52(70)42-40-38-36-34-32-30-28-26-22-20-18-16-14-12-10-8-6-4-2)46-78-62-58(76)55(73)60(50(44-67)80-62)83-64-59(77)56(74)61(51(45-68)81-64)82-63-57(75)54(72)53(71)49(43-66)79-63/h20,22,39,41,47-51,53-64,66-69,71-77H,3-19,21,23-38,40,42-46H2,1-2H3,(H,65,70)/b22-20-,41-39+. The van der Waals surface area contributed by atoms with Gasteiger partial charge in [0.25, 0.3) is 0 Å². The number of ether oxygens (including phenoxy) is 6. The minimum atomic E-state index is -1.98. The molecular formula is C64H119NO18. The number of allylic oxidation sites excluding steroid dienone is 3. The van der Waals surface area contributed by atoms with Crippen LogP contribution in [-0.2, 0) is 33.2 Å². The van der Waals surface area contributed by atoms with E-state index < -0.39 is 124 Å². The number of aliphatic hydroxyl groups excluding tert-OH is 11. The molecule has 0 radical (unpaired) electrons. The van der Waals surface area contributed by atoms with Gasteiger partial charge in [-0.1, -0.05) is 218 Å². The van der Waals surface area contributed by atoms with Crippen LogP contribution in [-0.4, -0.2) is 193 Å². The zero-order chi connectivity index (χ0) is 60.5. The number of carbonyl (C=O) groups excluding carboxylic acids is 1. The van der Waals surface area contributed by atoms with E-state index in [1.807, 2.05) is 6.08 Å². The number of rotatable bonds is 50. The Morgan fingerprint density at radius 2 is 0.759 bits per heavy atom. The van der Waals surface area contributed by atoms with Crippen LogP contribution in [0.15, 0.2) is 24.3 Å². The number of unbranched alkanes of at least 4 members (excludes halogenated alkanes) is 32. The Labute approximate surface area is 498 Å². The lowest BCUT2D eigenvalue weighted by Crippen LogP contribution is -2.66. The van der Waals surface area contributed by atoms with Gasteiger partial charge in [-0.25, -0.2) is 0 Å². The average Bonchev–Trinajstić information content (AvgIpc) is 3.35. The van der Waals surface area contributed by atoms with E-state index in [2.05, 4.69) is 31.3 Å². The second kappa shape index (κ2) is 47.3. The summed E-state index contributed by atoms with van der Waals surface area (Å²) in [7, 11) is 0. The summed E-state index contributed by atoms with van der Waals surface area (Å²) in [6.07, 6.45) is 24.3. The number of aliphatic hydroxyl groups is 11. The first-order valence-corrected chi connectivity index (χ1v) is 33.1. The van der Waals surface area contributed by atoms with Gasteiger partial charge in [-0.05, 0) is 44.9 Å². The van der Waals surface area contributed by atoms with Crippen molar-refractivity contribution in [3.63, 3.8) is 0 Å². The van der Waals surface area contributed by atoms with Crippen LogP contribution < -0.4 is 5.32 Å². The van der Waals surface area contributed by atoms with E-state index in [0.717, 1.165) is 57.8 Å². The third kappa shape index (κ3) is 30.4. The molecule has 3 rings (SSSR count). The fourth-order valence-corrected chi connectivity index (χ4v) is 11.3. The van der Waals surface area contributed by atoms with Crippen LogP contribution in [0, 0.1) is 0 Å². The SMILES string of the molecule is CCCCCCCCC/C=C\CCCCCCCCCC(=O)NC(COC1OC(CO)C(OC2OC(CO)C(OC3OC(CO)C(O)C(O)C3O)C(O)C2O)C(O)C1O)C(O)/C=C/CCCCCCCCCCCCCCCCCCCC. The van der Waals surface area contributed by atoms with Crippen LogP contribution in [0.1, 0.15) is 245 Å². The molecule has 17 unspecified atom stereocenters. The van der Waals surface area contributed by atoms with Crippen LogP contribution in [0.2, 0.25) is 0 Å². The molecule has 488 valence electrons. The molecule has 1 amide bonds. The molecule has 19 heteroatoms. The fraction of sp³-hybridized carbons (Fsp3) is 0.922. The van der Waals surface area contributed by atoms with Crippen molar-refractivity contribution in [2.24, 2.45) is 0 Å². The summed E-state index contributed by atoms with van der Waals surface area (Å²) in [6, 6.07) is -0.973. The zero-order valence-corrected chi connectivity index (χ0v) is 51.2. The van der Waals surface area contributed by atoms with E-state index in [1.165, 1.54) is 161 Å². The molecule has 0 bridgehead atoms. The molecular weight excluding hydrogens is 1070 g/mol. The number of hydrogen-bond acceptors (Lipinski definition) is 18. The van der Waals surface area contributed by atoms with Crippen molar-refractivity contribution in [1.29, 1.82) is 0 Å². The summed E-state index contributed by atoms with van der Waals surface area (Å²) in [4.78, 5) is 13.4. The summed E-state index contributed by atoms with van der Waals surface area (Å²) in [6.45, 7) is 1.74. The summed E-state index contributed by atoms with van der Waals surface area (Å²) < 4.78 is 34.3. The van der Waals surface area contributed by atoms with Gasteiger partial charge in [0.1, 0.15) is 73.2 Å². The van der Waals surface area contributed by atoms with Gasteiger partial charge in [-0.15, -0.1) is 0 Å². The Morgan fingerprint density at radius 3 is 1.17 bits per heavy atom. The normalized spacial score (nSPS) is 29.5. The van der Waals surface area contributed by atoms with Gasteiger partial charge < -0.3 is 89.9 Å². The largest absolute Gasteiger partial charge is 0.394 e. The highest BCUT2D eigenvalue weighted by molar-refractivity contribution is 5.76. The van der Waals surface area contributed by atoms with Crippen molar-refractivity contribution in [2.75, 3.05) is 26.4 Å². The molecule has 3 heterocycles. The van der Waals surface area contributed by atoms with Gasteiger partial charge in [0, 0.05) is 6.42 Å². The van der Waals surface area contributed by atoms with E-state index in [9.17, 15) is 61.0 Å². The molecule has 0 aromatic heterocycles. The smallest absolute Gasteiger partial charge is 0.220 e. The number of nitrogens with one attached hydrogen (secondary N) is 1. The fourth-order valence-electron chi connectivity index (χ4n) is 11.3. The molecule has 0 aromatic carbocycles. The second-order valence-corrected chi connectivity index (χ2v) is 23.9. The average molecular weight is 1190 g/mol. The van der Waals surface area contributed by atoms with Crippen LogP contribution >= 0.6 is 0 Å². The van der Waals surface area contributed by atoms with E-state index in [1.54, 1.807) is 6.08 Å². The Hall–Kier alpha value is -1.73. The molecule has 17 atom stereocenters. The van der Waals surface area contributed by atoms with E-state index in [4.69, 9.17) is 28.4 Å². The number of amides is 1. The Bertz CT molecular complexity index is 1610. The zero-order valence-electron chi connectivity index (χ0n) is 51.2. The molecule has 83 heavy (non-hydrogen) atoms. The molecule has 3 fully saturated rings. The third-order valence-electron chi connectivity index (χ3n) is 16.7. The molecule has 3 saturated heterocycles. The molecule has 0 aliphatic carbocycles. The lowest BCUT2D eigenvalue weighted by molar-refractivity contribution is -0.379. The summed E-state index contributed by atoms with van der Waals surface area (Å²) in [5, 5.41) is 120. The monoisotopic (exact) mass is 1190 g/mol. The first-order valence-electron chi connectivity index (χ1n) is 33.1. The minimum absolute atomic E-state index is 0.240. The minimum Gasteiger partial charge on any atom is -0.394 e. The van der Waals surface area contributed by atoms with E-state index >= 15 is 0 Å². The van der Waals surface area contributed by atoms with Crippen molar-refractivity contribution in [1.82, 2.24) is 5.32 Å². The maximum absolute atomic E-state index is 13.4. The Balaban J connectivity index is 1.48. The topological polar surface area (TPSA) is 307 Å². The predicted molar refractivity (Wildman–Crippen MR) is 319 cm³/mol. The summed E-state index contributed by atoms with van der Waals surface area (Å²) in [5.74, 6) is -0.278.